The summed E-state index contributed by atoms with van der Waals surface area (Å²) in [5, 5.41) is 6.91. The van der Waals surface area contributed by atoms with Crippen LogP contribution in [-0.2, 0) is 6.42 Å². The van der Waals surface area contributed by atoms with Gasteiger partial charge in [-0.2, -0.15) is 11.3 Å². The number of hydrogen-bond donors (Lipinski definition) is 2. The molecule has 0 radical (unpaired) electrons. The molecule has 0 unspecified atom stereocenters. The molecule has 17 heavy (non-hydrogen) atoms. The van der Waals surface area contributed by atoms with E-state index in [0.29, 0.717) is 17.9 Å². The Balaban J connectivity index is 1.85. The zero-order chi connectivity index (χ0) is 12.1. The summed E-state index contributed by atoms with van der Waals surface area (Å²) in [7, 11) is 0. The summed E-state index contributed by atoms with van der Waals surface area (Å²) in [6.45, 7) is 0.603. The highest BCUT2D eigenvalue weighted by atomic mass is 32.1. The van der Waals surface area contributed by atoms with Gasteiger partial charge in [0.15, 0.2) is 0 Å². The summed E-state index contributed by atoms with van der Waals surface area (Å²) in [4.78, 5) is 15.7. The predicted octanol–water partition coefficient (Wildman–Crippen LogP) is 1.70. The molecule has 0 spiro atoms. The lowest BCUT2D eigenvalue weighted by molar-refractivity contribution is 0.0949. The third kappa shape index (κ3) is 3.29. The van der Waals surface area contributed by atoms with Crippen molar-refractivity contribution in [3.8, 4) is 0 Å². The van der Waals surface area contributed by atoms with Crippen LogP contribution in [0.4, 0.5) is 5.69 Å². The maximum Gasteiger partial charge on any atom is 0.269 e. The van der Waals surface area contributed by atoms with Crippen molar-refractivity contribution in [1.82, 2.24) is 10.3 Å². The summed E-state index contributed by atoms with van der Waals surface area (Å²) >= 11 is 1.66. The number of hydrogen-bond acceptors (Lipinski definition) is 4. The van der Waals surface area contributed by atoms with Crippen LogP contribution in [-0.4, -0.2) is 17.4 Å². The van der Waals surface area contributed by atoms with Crippen molar-refractivity contribution in [2.45, 2.75) is 6.42 Å². The standard InChI is InChI=1S/C12H13N3OS/c13-10-2-5-14-11(7-10)12(16)15-4-1-9-3-6-17-8-9/h2-3,5-8H,1,4H2,(H2,13,14)(H,15,16). The molecule has 4 nitrogen and oxygen atoms in total. The first-order valence-corrected chi connectivity index (χ1v) is 6.21. The van der Waals surface area contributed by atoms with Crippen molar-refractivity contribution >= 4 is 22.9 Å². The topological polar surface area (TPSA) is 68.0 Å². The van der Waals surface area contributed by atoms with E-state index in [9.17, 15) is 4.79 Å². The number of pyridine rings is 1. The van der Waals surface area contributed by atoms with Crippen LogP contribution in [0.15, 0.2) is 35.2 Å². The van der Waals surface area contributed by atoms with Crippen molar-refractivity contribution in [3.05, 3.63) is 46.4 Å². The lowest BCUT2D eigenvalue weighted by Crippen LogP contribution is -2.26. The molecule has 2 rings (SSSR count). The normalized spacial score (nSPS) is 10.1. The predicted molar refractivity (Wildman–Crippen MR) is 69.0 cm³/mol. The Kier molecular flexibility index (Phi) is 3.72. The van der Waals surface area contributed by atoms with E-state index in [-0.39, 0.29) is 5.91 Å². The molecule has 0 fully saturated rings. The number of rotatable bonds is 4. The van der Waals surface area contributed by atoms with Gasteiger partial charge < -0.3 is 11.1 Å². The second kappa shape index (κ2) is 5.45. The minimum absolute atomic E-state index is 0.187. The first kappa shape index (κ1) is 11.6. The summed E-state index contributed by atoms with van der Waals surface area (Å²) < 4.78 is 0. The van der Waals surface area contributed by atoms with Crippen molar-refractivity contribution in [2.75, 3.05) is 12.3 Å². The maximum absolute atomic E-state index is 11.7. The third-order valence-electron chi connectivity index (χ3n) is 2.30. The van der Waals surface area contributed by atoms with Crippen LogP contribution in [0.5, 0.6) is 0 Å². The van der Waals surface area contributed by atoms with Gasteiger partial charge in [-0.25, -0.2) is 0 Å². The fourth-order valence-corrected chi connectivity index (χ4v) is 2.12. The van der Waals surface area contributed by atoms with Gasteiger partial charge >= 0.3 is 0 Å². The van der Waals surface area contributed by atoms with Crippen LogP contribution in [0.1, 0.15) is 16.1 Å². The summed E-state index contributed by atoms with van der Waals surface area (Å²) in [6, 6.07) is 5.28. The summed E-state index contributed by atoms with van der Waals surface area (Å²) in [6.07, 6.45) is 2.36. The average Bonchev–Trinajstić information content (AvgIpc) is 2.82. The Morgan fingerprint density at radius 3 is 3.06 bits per heavy atom. The number of anilines is 1. The number of nitrogens with zero attached hydrogens (tertiary/aromatic N) is 1. The van der Waals surface area contributed by atoms with Crippen molar-refractivity contribution in [2.24, 2.45) is 0 Å². The Hall–Kier alpha value is -1.88. The Morgan fingerprint density at radius 2 is 2.35 bits per heavy atom. The first-order valence-electron chi connectivity index (χ1n) is 5.26. The molecule has 0 atom stereocenters. The largest absolute Gasteiger partial charge is 0.399 e. The summed E-state index contributed by atoms with van der Waals surface area (Å²) in [5.41, 5.74) is 7.72. The molecule has 5 heteroatoms. The Bertz CT molecular complexity index is 496. The number of carbonyl (C=O) groups is 1. The number of carbonyl (C=O) groups excluding carboxylic acids is 1. The second-order valence-electron chi connectivity index (χ2n) is 3.61. The van der Waals surface area contributed by atoms with E-state index < -0.39 is 0 Å². The van der Waals surface area contributed by atoms with Gasteiger partial charge in [-0.05, 0) is 40.9 Å². The highest BCUT2D eigenvalue weighted by Crippen LogP contribution is 2.06. The Labute approximate surface area is 103 Å². The SMILES string of the molecule is Nc1ccnc(C(=O)NCCc2ccsc2)c1. The van der Waals surface area contributed by atoms with Crippen LogP contribution in [0.2, 0.25) is 0 Å². The molecule has 1 amide bonds. The third-order valence-corrected chi connectivity index (χ3v) is 3.03. The molecular formula is C12H13N3OS. The highest BCUT2D eigenvalue weighted by Gasteiger charge is 2.06. The van der Waals surface area contributed by atoms with E-state index in [4.69, 9.17) is 5.73 Å². The monoisotopic (exact) mass is 247 g/mol. The van der Waals surface area contributed by atoms with Crippen LogP contribution in [0.25, 0.3) is 0 Å². The van der Waals surface area contributed by atoms with Crippen molar-refractivity contribution < 1.29 is 4.79 Å². The van der Waals surface area contributed by atoms with Crippen LogP contribution in [0.3, 0.4) is 0 Å². The van der Waals surface area contributed by atoms with Gasteiger partial charge in [0.2, 0.25) is 0 Å². The van der Waals surface area contributed by atoms with E-state index >= 15 is 0 Å². The number of thiophene rings is 1. The van der Waals surface area contributed by atoms with E-state index in [2.05, 4.69) is 21.7 Å². The maximum atomic E-state index is 11.7. The lowest BCUT2D eigenvalue weighted by Gasteiger charge is -2.04. The van der Waals surface area contributed by atoms with Crippen molar-refractivity contribution in [3.63, 3.8) is 0 Å². The fraction of sp³-hybridized carbons (Fsp3) is 0.167. The van der Waals surface area contributed by atoms with Gasteiger partial charge in [0, 0.05) is 18.4 Å². The number of amides is 1. The molecule has 3 N–H and O–H groups in total. The molecule has 0 aliphatic rings. The van der Waals surface area contributed by atoms with E-state index in [1.54, 1.807) is 23.5 Å². The van der Waals surface area contributed by atoms with Crippen LogP contribution < -0.4 is 11.1 Å². The number of nitrogens with two attached hydrogens (primary N) is 1. The molecule has 0 saturated heterocycles. The molecule has 88 valence electrons. The lowest BCUT2D eigenvalue weighted by atomic mass is 10.2. The van der Waals surface area contributed by atoms with E-state index in [0.717, 1.165) is 6.42 Å². The molecule has 2 aromatic heterocycles. The van der Waals surface area contributed by atoms with Gasteiger partial charge in [-0.3, -0.25) is 9.78 Å². The second-order valence-corrected chi connectivity index (χ2v) is 4.39. The molecule has 2 aromatic rings. The zero-order valence-electron chi connectivity index (χ0n) is 9.22. The van der Waals surface area contributed by atoms with Crippen LogP contribution in [0, 0.1) is 0 Å². The van der Waals surface area contributed by atoms with E-state index in [1.807, 2.05) is 5.38 Å². The molecular weight excluding hydrogens is 234 g/mol. The van der Waals surface area contributed by atoms with Gasteiger partial charge in [0.25, 0.3) is 5.91 Å². The van der Waals surface area contributed by atoms with Gasteiger partial charge in [0.1, 0.15) is 5.69 Å². The molecule has 0 aliphatic heterocycles. The molecule has 0 bridgehead atoms. The first-order chi connectivity index (χ1) is 8.25. The average molecular weight is 247 g/mol. The number of nitrogens with one attached hydrogen (secondary N) is 1. The molecule has 0 aromatic carbocycles. The van der Waals surface area contributed by atoms with Gasteiger partial charge in [-0.15, -0.1) is 0 Å². The molecule has 2 heterocycles. The molecule has 0 saturated carbocycles. The quantitative estimate of drug-likeness (QED) is 0.864. The minimum atomic E-state index is -0.187. The van der Waals surface area contributed by atoms with E-state index in [1.165, 1.54) is 11.8 Å². The molecule has 0 aliphatic carbocycles. The number of nitrogen functional groups attached to an aromatic ring is 1. The van der Waals surface area contributed by atoms with Gasteiger partial charge in [0.05, 0.1) is 0 Å². The van der Waals surface area contributed by atoms with Gasteiger partial charge in [-0.1, -0.05) is 0 Å². The number of aromatic nitrogens is 1. The zero-order valence-corrected chi connectivity index (χ0v) is 10.0. The van der Waals surface area contributed by atoms with Crippen molar-refractivity contribution in [1.29, 1.82) is 0 Å². The fourth-order valence-electron chi connectivity index (χ4n) is 1.42. The Morgan fingerprint density at radius 1 is 1.47 bits per heavy atom. The van der Waals surface area contributed by atoms with Crippen LogP contribution >= 0.6 is 11.3 Å². The highest BCUT2D eigenvalue weighted by molar-refractivity contribution is 7.07. The summed E-state index contributed by atoms with van der Waals surface area (Å²) in [5.74, 6) is -0.187. The minimum Gasteiger partial charge on any atom is -0.399 e. The smallest absolute Gasteiger partial charge is 0.269 e.